The summed E-state index contributed by atoms with van der Waals surface area (Å²) >= 11 is 3.45. The number of carbonyl (C=O) groups excluding carboxylic acids is 1. The van der Waals surface area contributed by atoms with Crippen molar-refractivity contribution in [2.75, 3.05) is 32.8 Å². The third kappa shape index (κ3) is 3.78. The Hall–Kier alpha value is -2.19. The predicted octanol–water partition coefficient (Wildman–Crippen LogP) is 3.84. The fraction of sp³-hybridized carbons (Fsp3) is 0.304. The maximum Gasteiger partial charge on any atom is 0.233 e. The van der Waals surface area contributed by atoms with Crippen molar-refractivity contribution in [3.63, 3.8) is 0 Å². The van der Waals surface area contributed by atoms with Crippen molar-refractivity contribution in [2.45, 2.75) is 17.7 Å². The van der Waals surface area contributed by atoms with Crippen LogP contribution in [0, 0.1) is 6.92 Å². The minimum absolute atomic E-state index is 0.0223. The minimum atomic E-state index is -0.466. The number of likely N-dealkylation sites (tertiary alicyclic amines) is 1. The van der Waals surface area contributed by atoms with Crippen LogP contribution in [0.5, 0.6) is 0 Å². The number of carbonyl (C=O) groups is 1. The lowest BCUT2D eigenvalue weighted by Gasteiger charge is -2.42. The summed E-state index contributed by atoms with van der Waals surface area (Å²) in [5.41, 5.74) is 7.80. The van der Waals surface area contributed by atoms with E-state index in [0.29, 0.717) is 13.1 Å². The molecule has 5 nitrogen and oxygen atoms in total. The van der Waals surface area contributed by atoms with Crippen LogP contribution >= 0.6 is 23.3 Å². The highest BCUT2D eigenvalue weighted by molar-refractivity contribution is 7.97. The van der Waals surface area contributed by atoms with Gasteiger partial charge in [0.15, 0.2) is 0 Å². The fourth-order valence-electron chi connectivity index (χ4n) is 3.85. The van der Waals surface area contributed by atoms with Gasteiger partial charge in [0.05, 0.1) is 28.3 Å². The molecule has 2 aliphatic heterocycles. The molecule has 0 spiro atoms. The van der Waals surface area contributed by atoms with Crippen LogP contribution in [0.25, 0.3) is 10.2 Å². The third-order valence-corrected chi connectivity index (χ3v) is 7.58. The minimum Gasteiger partial charge on any atom is -0.395 e. The molecule has 0 saturated carbocycles. The van der Waals surface area contributed by atoms with Crippen molar-refractivity contribution in [2.24, 2.45) is 0 Å². The van der Waals surface area contributed by atoms with E-state index in [2.05, 4.69) is 27.5 Å². The first-order valence-electron chi connectivity index (χ1n) is 10.0. The summed E-state index contributed by atoms with van der Waals surface area (Å²) in [5, 5.41) is 9.78. The van der Waals surface area contributed by atoms with E-state index in [1.54, 1.807) is 23.3 Å². The number of amides is 1. The Morgan fingerprint density at radius 2 is 1.87 bits per heavy atom. The van der Waals surface area contributed by atoms with Crippen molar-refractivity contribution in [1.29, 1.82) is 0 Å². The molecule has 1 N–H and O–H groups in total. The molecule has 1 unspecified atom stereocenters. The number of hydrogen-bond acceptors (Lipinski definition) is 6. The summed E-state index contributed by atoms with van der Waals surface area (Å²) in [4.78, 5) is 20.3. The number of rotatable bonds is 5. The summed E-state index contributed by atoms with van der Waals surface area (Å²) in [7, 11) is 0. The second-order valence-corrected chi connectivity index (χ2v) is 9.98. The Kier molecular flexibility index (Phi) is 5.37. The van der Waals surface area contributed by atoms with Gasteiger partial charge < -0.3 is 10.0 Å². The van der Waals surface area contributed by atoms with Crippen molar-refractivity contribution in [3.05, 3.63) is 70.2 Å². The highest BCUT2D eigenvalue weighted by atomic mass is 32.2. The first-order chi connectivity index (χ1) is 14.6. The van der Waals surface area contributed by atoms with Gasteiger partial charge in [0.1, 0.15) is 0 Å². The van der Waals surface area contributed by atoms with Gasteiger partial charge in [-0.25, -0.2) is 9.29 Å². The van der Waals surface area contributed by atoms with Crippen LogP contribution < -0.4 is 0 Å². The number of aliphatic hydroxyl groups excluding tert-OH is 1. The molecule has 2 fully saturated rings. The molecule has 2 saturated heterocycles. The molecule has 1 amide bonds. The molecule has 30 heavy (non-hydrogen) atoms. The molecule has 5 rings (SSSR count). The van der Waals surface area contributed by atoms with Gasteiger partial charge in [0.2, 0.25) is 5.91 Å². The first kappa shape index (κ1) is 19.8. The van der Waals surface area contributed by atoms with E-state index >= 15 is 0 Å². The zero-order valence-electron chi connectivity index (χ0n) is 16.7. The Bertz CT molecular complexity index is 1110. The summed E-state index contributed by atoms with van der Waals surface area (Å²) in [5.74, 6) is -0.443. The van der Waals surface area contributed by atoms with Crippen molar-refractivity contribution >= 4 is 39.4 Å². The highest BCUT2D eigenvalue weighted by Crippen LogP contribution is 2.35. The van der Waals surface area contributed by atoms with Crippen LogP contribution in [-0.2, 0) is 4.79 Å². The number of fused-ring (bicyclic) bond motifs is 1. The predicted molar refractivity (Wildman–Crippen MR) is 122 cm³/mol. The Balaban J connectivity index is 1.15. The van der Waals surface area contributed by atoms with Gasteiger partial charge in [-0.05, 0) is 53.8 Å². The Labute approximate surface area is 184 Å². The van der Waals surface area contributed by atoms with E-state index in [-0.39, 0.29) is 12.5 Å². The second-order valence-electron chi connectivity index (χ2n) is 7.92. The van der Waals surface area contributed by atoms with E-state index in [4.69, 9.17) is 0 Å². The number of nitrogens with zero attached hydrogens (tertiary/aromatic N) is 3. The molecule has 2 aliphatic rings. The summed E-state index contributed by atoms with van der Waals surface area (Å²) < 4.78 is 3.57. The molecule has 154 valence electrons. The van der Waals surface area contributed by atoms with Crippen LogP contribution in [0.1, 0.15) is 17.0 Å². The van der Waals surface area contributed by atoms with Gasteiger partial charge in [-0.15, -0.1) is 11.3 Å². The maximum atomic E-state index is 12.8. The number of aryl methyl sites for hydroxylation is 1. The van der Waals surface area contributed by atoms with Gasteiger partial charge in [-0.2, -0.15) is 0 Å². The third-order valence-electron chi connectivity index (χ3n) is 5.81. The normalized spacial score (nSPS) is 17.7. The van der Waals surface area contributed by atoms with Gasteiger partial charge in [-0.3, -0.25) is 4.79 Å². The standard InChI is InChI=1S/C23H23N3O2S2/c1-15-2-4-16(5-3-15)20(13-27)23(28)25-9-17(10-25)18-11-26(12-18)30-19-6-7-21-22(8-19)29-14-24-21/h2-8,14,20,27H,9-13H2,1H3. The lowest BCUT2D eigenvalue weighted by atomic mass is 9.92. The van der Waals surface area contributed by atoms with Gasteiger partial charge >= 0.3 is 0 Å². The molecule has 3 aromatic rings. The molecule has 7 heteroatoms. The van der Waals surface area contributed by atoms with Gasteiger partial charge in [-0.1, -0.05) is 29.8 Å². The fourth-order valence-corrected chi connectivity index (χ4v) is 5.68. The largest absolute Gasteiger partial charge is 0.395 e. The first-order valence-corrected chi connectivity index (χ1v) is 11.7. The van der Waals surface area contributed by atoms with Crippen LogP contribution in [0.4, 0.5) is 0 Å². The lowest BCUT2D eigenvalue weighted by molar-refractivity contribution is -0.135. The number of hydrogen-bond donors (Lipinski definition) is 1. The number of benzene rings is 2. The smallest absolute Gasteiger partial charge is 0.233 e. The zero-order chi connectivity index (χ0) is 20.7. The van der Waals surface area contributed by atoms with E-state index in [0.717, 1.165) is 29.7 Å². The average Bonchev–Trinajstić information content (AvgIpc) is 3.14. The summed E-state index contributed by atoms with van der Waals surface area (Å²) in [6, 6.07) is 14.3. The molecular weight excluding hydrogens is 414 g/mol. The van der Waals surface area contributed by atoms with Crippen LogP contribution in [0.2, 0.25) is 0 Å². The Morgan fingerprint density at radius 1 is 1.13 bits per heavy atom. The van der Waals surface area contributed by atoms with E-state index in [9.17, 15) is 9.90 Å². The molecule has 3 heterocycles. The molecular formula is C23H23N3O2S2. The van der Waals surface area contributed by atoms with Crippen LogP contribution in [0.15, 0.2) is 64.0 Å². The van der Waals surface area contributed by atoms with E-state index < -0.39 is 5.92 Å². The molecule has 1 atom stereocenters. The summed E-state index contributed by atoms with van der Waals surface area (Å²) in [6.07, 6.45) is 0. The number of aromatic nitrogens is 1. The van der Waals surface area contributed by atoms with Crippen molar-refractivity contribution in [3.8, 4) is 0 Å². The zero-order valence-corrected chi connectivity index (χ0v) is 18.4. The second kappa shape index (κ2) is 8.15. The quantitative estimate of drug-likeness (QED) is 0.486. The Morgan fingerprint density at radius 3 is 2.60 bits per heavy atom. The topological polar surface area (TPSA) is 56.7 Å². The van der Waals surface area contributed by atoms with Gasteiger partial charge in [0, 0.05) is 31.1 Å². The van der Waals surface area contributed by atoms with Gasteiger partial charge in [0.25, 0.3) is 0 Å². The molecule has 0 aliphatic carbocycles. The monoisotopic (exact) mass is 437 g/mol. The van der Waals surface area contributed by atoms with E-state index in [1.807, 2.05) is 41.6 Å². The molecule has 1 aromatic heterocycles. The summed E-state index contributed by atoms with van der Waals surface area (Å²) in [6.45, 7) is 5.15. The molecule has 2 aromatic carbocycles. The lowest BCUT2D eigenvalue weighted by Crippen LogP contribution is -2.50. The number of aliphatic hydroxyl groups is 1. The van der Waals surface area contributed by atoms with E-state index in [1.165, 1.54) is 20.7 Å². The SMILES string of the molecule is Cc1ccc(C(CO)C(=O)N2CC(=C3CN(Sc4ccc5ncsc5c4)C3)C2)cc1. The molecule has 0 bridgehead atoms. The maximum absolute atomic E-state index is 12.8. The van der Waals surface area contributed by atoms with Crippen molar-refractivity contribution < 1.29 is 9.90 Å². The average molecular weight is 438 g/mol. The highest BCUT2D eigenvalue weighted by Gasteiger charge is 2.35. The number of thiazole rings is 1. The van der Waals surface area contributed by atoms with Crippen LogP contribution in [-0.4, -0.2) is 58.0 Å². The molecule has 0 radical (unpaired) electrons. The van der Waals surface area contributed by atoms with Crippen LogP contribution in [0.3, 0.4) is 0 Å². The van der Waals surface area contributed by atoms with Crippen molar-refractivity contribution in [1.82, 2.24) is 14.2 Å².